The first-order valence-corrected chi connectivity index (χ1v) is 11.0. The molecule has 2 atom stereocenters. The highest BCUT2D eigenvalue weighted by molar-refractivity contribution is 7.74. The van der Waals surface area contributed by atoms with Gasteiger partial charge in [0.1, 0.15) is 0 Å². The van der Waals surface area contributed by atoms with E-state index in [-0.39, 0.29) is 17.4 Å². The van der Waals surface area contributed by atoms with E-state index in [1.165, 1.54) is 20.1 Å². The quantitative estimate of drug-likeness (QED) is 0.113. The van der Waals surface area contributed by atoms with Crippen LogP contribution in [0.3, 0.4) is 0 Å². The molecule has 0 aromatic heterocycles. The number of amides is 1. The van der Waals surface area contributed by atoms with Gasteiger partial charge < -0.3 is 19.5 Å². The van der Waals surface area contributed by atoms with Gasteiger partial charge in [0.25, 0.3) is 0 Å². The van der Waals surface area contributed by atoms with Crippen LogP contribution < -0.4 is 14.8 Å². The summed E-state index contributed by atoms with van der Waals surface area (Å²) in [5, 5.41) is 2.85. The maximum atomic E-state index is 12.0. The number of benzene rings is 1. The Bertz CT molecular complexity index is 766. The lowest BCUT2D eigenvalue weighted by atomic mass is 10.1. The minimum absolute atomic E-state index is 0.0361. The van der Waals surface area contributed by atoms with Crippen LogP contribution in [0.15, 0.2) is 30.4 Å². The minimum Gasteiger partial charge on any atom is -0.493 e. The number of ether oxygens (including phenoxy) is 3. The standard InChI is InChI=1S/C21H31NO8S/c1-15(2)9-7-5-6-8-10-20(23)22-14-17-11-12-18(19(13-17)27-4)29-21(24)28-16(3)30-31(25)26/h7,9,11-13,15-16H,5-6,8,10,14H2,1-4H3,(H,22,23)(H,25,26)/b9-7+. The third kappa shape index (κ3) is 12.1. The highest BCUT2D eigenvalue weighted by Gasteiger charge is 2.17. The van der Waals surface area contributed by atoms with Gasteiger partial charge in [-0.2, -0.15) is 4.21 Å². The van der Waals surface area contributed by atoms with Crippen LogP contribution in [0, 0.1) is 5.92 Å². The van der Waals surface area contributed by atoms with Crippen LogP contribution in [0.5, 0.6) is 11.5 Å². The summed E-state index contributed by atoms with van der Waals surface area (Å²) in [5.41, 5.74) is 0.762. The lowest BCUT2D eigenvalue weighted by Crippen LogP contribution is -2.22. The number of hydrogen-bond donors (Lipinski definition) is 2. The smallest absolute Gasteiger partial charge is 0.493 e. The minimum atomic E-state index is -2.58. The average Bonchev–Trinajstić information content (AvgIpc) is 2.68. The van der Waals surface area contributed by atoms with Crippen LogP contribution in [0.25, 0.3) is 0 Å². The van der Waals surface area contributed by atoms with E-state index in [1.54, 1.807) is 12.1 Å². The monoisotopic (exact) mass is 457 g/mol. The number of nitrogens with one attached hydrogen (secondary N) is 1. The number of rotatable bonds is 13. The molecule has 0 radical (unpaired) electrons. The topological polar surface area (TPSA) is 120 Å². The van der Waals surface area contributed by atoms with Crippen LogP contribution >= 0.6 is 0 Å². The molecule has 0 spiro atoms. The normalized spacial score (nSPS) is 13.1. The average molecular weight is 458 g/mol. The molecule has 2 unspecified atom stereocenters. The molecule has 0 saturated heterocycles. The number of carbonyl (C=O) groups is 2. The van der Waals surface area contributed by atoms with Gasteiger partial charge in [-0.15, -0.1) is 0 Å². The zero-order chi connectivity index (χ0) is 23.2. The Morgan fingerprint density at radius 2 is 1.94 bits per heavy atom. The number of unbranched alkanes of at least 4 members (excludes halogenated alkanes) is 2. The maximum Gasteiger partial charge on any atom is 0.516 e. The Hall–Kier alpha value is -2.43. The second kappa shape index (κ2) is 14.6. The third-order valence-electron chi connectivity index (χ3n) is 3.94. The molecule has 1 aromatic rings. The Balaban J connectivity index is 2.47. The highest BCUT2D eigenvalue weighted by atomic mass is 32.2. The fourth-order valence-electron chi connectivity index (χ4n) is 2.50. The number of carbonyl (C=O) groups excluding carboxylic acids is 2. The molecule has 0 aliphatic rings. The summed E-state index contributed by atoms with van der Waals surface area (Å²) in [6, 6.07) is 4.80. The first-order chi connectivity index (χ1) is 14.7. The van der Waals surface area contributed by atoms with Crippen molar-refractivity contribution in [3.05, 3.63) is 35.9 Å². The van der Waals surface area contributed by atoms with Gasteiger partial charge in [-0.25, -0.2) is 8.98 Å². The van der Waals surface area contributed by atoms with Crippen molar-refractivity contribution < 1.29 is 36.7 Å². The molecule has 31 heavy (non-hydrogen) atoms. The van der Waals surface area contributed by atoms with Gasteiger partial charge in [-0.05, 0) is 49.8 Å². The van der Waals surface area contributed by atoms with E-state index in [0.29, 0.717) is 18.9 Å². The number of hydrogen-bond acceptors (Lipinski definition) is 7. The predicted molar refractivity (Wildman–Crippen MR) is 116 cm³/mol. The molecule has 2 N–H and O–H groups in total. The number of methoxy groups -OCH3 is 1. The Morgan fingerprint density at radius 1 is 1.19 bits per heavy atom. The van der Waals surface area contributed by atoms with Crippen molar-refractivity contribution in [3.63, 3.8) is 0 Å². The SMILES string of the molecule is COc1cc(CNC(=O)CCCC/C=C/C(C)C)ccc1OC(=O)OC(C)OS(=O)O. The first kappa shape index (κ1) is 26.6. The van der Waals surface area contributed by atoms with Crippen LogP contribution in [0.1, 0.15) is 52.0 Å². The molecule has 1 rings (SSSR count). The van der Waals surface area contributed by atoms with E-state index < -0.39 is 23.8 Å². The Kier molecular flexibility index (Phi) is 12.5. The fraction of sp³-hybridized carbons (Fsp3) is 0.524. The predicted octanol–water partition coefficient (Wildman–Crippen LogP) is 4.10. The van der Waals surface area contributed by atoms with E-state index in [2.05, 4.69) is 35.5 Å². The Labute approximate surface area is 185 Å². The highest BCUT2D eigenvalue weighted by Crippen LogP contribution is 2.28. The van der Waals surface area contributed by atoms with Crippen LogP contribution in [0.2, 0.25) is 0 Å². The molecule has 9 nitrogen and oxygen atoms in total. The fourth-order valence-corrected chi connectivity index (χ4v) is 2.77. The van der Waals surface area contributed by atoms with Crippen molar-refractivity contribution in [2.45, 2.75) is 59.3 Å². The zero-order valence-corrected chi connectivity index (χ0v) is 19.1. The lowest BCUT2D eigenvalue weighted by Gasteiger charge is -2.13. The van der Waals surface area contributed by atoms with Gasteiger partial charge in [-0.3, -0.25) is 9.35 Å². The summed E-state index contributed by atoms with van der Waals surface area (Å²) in [7, 11) is 1.41. The van der Waals surface area contributed by atoms with Crippen LogP contribution in [0.4, 0.5) is 4.79 Å². The van der Waals surface area contributed by atoms with Gasteiger partial charge in [0.05, 0.1) is 7.11 Å². The number of allylic oxidation sites excluding steroid dienone is 2. The zero-order valence-electron chi connectivity index (χ0n) is 18.3. The van der Waals surface area contributed by atoms with Crippen molar-refractivity contribution in [1.29, 1.82) is 0 Å². The van der Waals surface area contributed by atoms with E-state index in [1.807, 2.05) is 0 Å². The lowest BCUT2D eigenvalue weighted by molar-refractivity contribution is -0.121. The van der Waals surface area contributed by atoms with E-state index in [4.69, 9.17) is 18.8 Å². The largest absolute Gasteiger partial charge is 0.516 e. The van der Waals surface area contributed by atoms with E-state index in [0.717, 1.165) is 24.8 Å². The molecule has 0 aliphatic carbocycles. The summed E-state index contributed by atoms with van der Waals surface area (Å²) in [4.78, 5) is 23.8. The summed E-state index contributed by atoms with van der Waals surface area (Å²) >= 11 is -2.58. The van der Waals surface area contributed by atoms with E-state index >= 15 is 0 Å². The Morgan fingerprint density at radius 3 is 2.58 bits per heavy atom. The second-order valence-electron chi connectivity index (χ2n) is 7.03. The van der Waals surface area contributed by atoms with Crippen molar-refractivity contribution in [3.8, 4) is 11.5 Å². The van der Waals surface area contributed by atoms with Crippen molar-refractivity contribution in [1.82, 2.24) is 5.32 Å². The molecular formula is C21H31NO8S. The molecule has 0 aliphatic heterocycles. The molecule has 1 amide bonds. The van der Waals surface area contributed by atoms with Crippen molar-refractivity contribution >= 4 is 23.4 Å². The van der Waals surface area contributed by atoms with Gasteiger partial charge in [0.15, 0.2) is 11.5 Å². The first-order valence-electron chi connectivity index (χ1n) is 9.98. The summed E-state index contributed by atoms with van der Waals surface area (Å²) < 4.78 is 38.4. The molecule has 0 heterocycles. The third-order valence-corrected chi connectivity index (χ3v) is 4.37. The summed E-state index contributed by atoms with van der Waals surface area (Å²) in [6.07, 6.45) is 5.11. The molecule has 0 saturated carbocycles. The van der Waals surface area contributed by atoms with E-state index in [9.17, 15) is 13.8 Å². The van der Waals surface area contributed by atoms with Gasteiger partial charge in [0, 0.05) is 13.0 Å². The van der Waals surface area contributed by atoms with Gasteiger partial charge in [-0.1, -0.05) is 32.1 Å². The second-order valence-corrected chi connectivity index (χ2v) is 7.66. The van der Waals surface area contributed by atoms with Crippen LogP contribution in [-0.4, -0.2) is 34.2 Å². The summed E-state index contributed by atoms with van der Waals surface area (Å²) in [6.45, 7) is 5.82. The van der Waals surface area contributed by atoms with Gasteiger partial charge in [0.2, 0.25) is 12.2 Å². The van der Waals surface area contributed by atoms with Crippen molar-refractivity contribution in [2.24, 2.45) is 5.92 Å². The summed E-state index contributed by atoms with van der Waals surface area (Å²) in [5.74, 6) is 0.860. The van der Waals surface area contributed by atoms with Crippen LogP contribution in [-0.2, 0) is 31.6 Å². The molecule has 174 valence electrons. The molecule has 0 fully saturated rings. The molecule has 1 aromatic carbocycles. The van der Waals surface area contributed by atoms with Gasteiger partial charge >= 0.3 is 17.5 Å². The van der Waals surface area contributed by atoms with Crippen molar-refractivity contribution in [2.75, 3.05) is 7.11 Å². The molecule has 0 bridgehead atoms. The molecular weight excluding hydrogens is 426 g/mol. The maximum absolute atomic E-state index is 12.0. The molecule has 10 heteroatoms.